The first-order chi connectivity index (χ1) is 11.3. The van der Waals surface area contributed by atoms with Crippen molar-refractivity contribution in [1.82, 2.24) is 5.32 Å². The van der Waals surface area contributed by atoms with Gasteiger partial charge in [0.15, 0.2) is 0 Å². The number of nitrogens with one attached hydrogen (secondary N) is 1. The van der Waals surface area contributed by atoms with Gasteiger partial charge in [0.25, 0.3) is 0 Å². The Balaban J connectivity index is 2.10. The largest absolute Gasteiger partial charge is 0.350 e. The molecule has 0 aromatic heterocycles. The van der Waals surface area contributed by atoms with Gasteiger partial charge in [-0.1, -0.05) is 35.9 Å². The third-order valence-electron chi connectivity index (χ3n) is 3.22. The summed E-state index contributed by atoms with van der Waals surface area (Å²) in [4.78, 5) is 12.1. The molecule has 2 rings (SSSR count). The Kier molecular flexibility index (Phi) is 5.80. The van der Waals surface area contributed by atoms with Crippen LogP contribution in [-0.4, -0.2) is 27.1 Å². The first kappa shape index (κ1) is 18.2. The number of amides is 1. The molecule has 0 unspecified atom stereocenters. The summed E-state index contributed by atoms with van der Waals surface area (Å²) in [5, 5.41) is 3.11. The van der Waals surface area contributed by atoms with Gasteiger partial charge in [-0.2, -0.15) is 0 Å². The van der Waals surface area contributed by atoms with Gasteiger partial charge >= 0.3 is 0 Å². The van der Waals surface area contributed by atoms with Gasteiger partial charge in [-0.25, -0.2) is 12.8 Å². The fraction of sp³-hybridized carbons (Fsp3) is 0.188. The third-order valence-corrected chi connectivity index (χ3v) is 4.73. The summed E-state index contributed by atoms with van der Waals surface area (Å²) in [6, 6.07) is 12.0. The molecule has 0 fully saturated rings. The lowest BCUT2D eigenvalue weighted by Gasteiger charge is -2.22. The topological polar surface area (TPSA) is 66.5 Å². The SMILES string of the molecule is CS(=O)(=O)N(CC(=O)NCc1ccccc1Cl)c1cccc(F)c1. The second-order valence-electron chi connectivity index (χ2n) is 5.12. The van der Waals surface area contributed by atoms with Gasteiger partial charge < -0.3 is 5.32 Å². The molecule has 24 heavy (non-hydrogen) atoms. The first-order valence-electron chi connectivity index (χ1n) is 7.01. The normalized spacial score (nSPS) is 11.1. The van der Waals surface area contributed by atoms with Crippen LogP contribution in [0.2, 0.25) is 5.02 Å². The number of sulfonamides is 1. The van der Waals surface area contributed by atoms with E-state index in [0.717, 1.165) is 16.6 Å². The van der Waals surface area contributed by atoms with Crippen molar-refractivity contribution in [3.63, 3.8) is 0 Å². The molecule has 8 heteroatoms. The molecule has 0 aliphatic heterocycles. The van der Waals surface area contributed by atoms with E-state index in [4.69, 9.17) is 11.6 Å². The average molecular weight is 371 g/mol. The monoisotopic (exact) mass is 370 g/mol. The number of carbonyl (C=O) groups is 1. The quantitative estimate of drug-likeness (QED) is 0.849. The van der Waals surface area contributed by atoms with E-state index in [2.05, 4.69) is 5.32 Å². The second kappa shape index (κ2) is 7.63. The maximum absolute atomic E-state index is 13.3. The number of nitrogens with zero attached hydrogens (tertiary/aromatic N) is 1. The number of anilines is 1. The van der Waals surface area contributed by atoms with Crippen molar-refractivity contribution in [2.75, 3.05) is 17.1 Å². The predicted molar refractivity (Wildman–Crippen MR) is 91.9 cm³/mol. The molecule has 2 aromatic carbocycles. The Morgan fingerprint density at radius 2 is 1.92 bits per heavy atom. The Morgan fingerprint density at radius 1 is 1.21 bits per heavy atom. The van der Waals surface area contributed by atoms with E-state index < -0.39 is 28.3 Å². The van der Waals surface area contributed by atoms with Crippen molar-refractivity contribution >= 4 is 33.2 Å². The van der Waals surface area contributed by atoms with E-state index in [1.807, 2.05) is 0 Å². The zero-order valence-corrected chi connectivity index (χ0v) is 14.4. The Labute approximate surface area is 145 Å². The molecule has 128 valence electrons. The summed E-state index contributed by atoms with van der Waals surface area (Å²) < 4.78 is 38.0. The molecule has 0 saturated heterocycles. The fourth-order valence-electron chi connectivity index (χ4n) is 2.05. The van der Waals surface area contributed by atoms with E-state index in [9.17, 15) is 17.6 Å². The van der Waals surface area contributed by atoms with Crippen molar-refractivity contribution < 1.29 is 17.6 Å². The van der Waals surface area contributed by atoms with Crippen LogP contribution in [0.3, 0.4) is 0 Å². The van der Waals surface area contributed by atoms with Crippen LogP contribution in [-0.2, 0) is 21.4 Å². The highest BCUT2D eigenvalue weighted by Crippen LogP contribution is 2.18. The van der Waals surface area contributed by atoms with Gasteiger partial charge in [0.2, 0.25) is 15.9 Å². The lowest BCUT2D eigenvalue weighted by Crippen LogP contribution is -2.40. The number of carbonyl (C=O) groups excluding carboxylic acids is 1. The van der Waals surface area contributed by atoms with E-state index in [1.54, 1.807) is 24.3 Å². The molecule has 0 aliphatic rings. The number of hydrogen-bond donors (Lipinski definition) is 1. The molecule has 0 bridgehead atoms. The van der Waals surface area contributed by atoms with Crippen molar-refractivity contribution in [1.29, 1.82) is 0 Å². The summed E-state index contributed by atoms with van der Waals surface area (Å²) in [6.45, 7) is -0.286. The number of halogens is 2. The minimum absolute atomic E-state index is 0.0883. The number of benzene rings is 2. The van der Waals surface area contributed by atoms with Crippen LogP contribution < -0.4 is 9.62 Å². The molecule has 0 spiro atoms. The van der Waals surface area contributed by atoms with Crippen LogP contribution in [0.1, 0.15) is 5.56 Å². The van der Waals surface area contributed by atoms with E-state index in [0.29, 0.717) is 10.6 Å². The van der Waals surface area contributed by atoms with Crippen LogP contribution in [0, 0.1) is 5.82 Å². The molecule has 1 amide bonds. The summed E-state index contributed by atoms with van der Waals surface area (Å²) in [6.07, 6.45) is 0.958. The molecular weight excluding hydrogens is 355 g/mol. The lowest BCUT2D eigenvalue weighted by molar-refractivity contribution is -0.119. The molecule has 2 aromatic rings. The fourth-order valence-corrected chi connectivity index (χ4v) is 3.10. The van der Waals surface area contributed by atoms with E-state index >= 15 is 0 Å². The number of rotatable bonds is 6. The lowest BCUT2D eigenvalue weighted by atomic mass is 10.2. The summed E-state index contributed by atoms with van der Waals surface area (Å²) in [7, 11) is -3.74. The minimum atomic E-state index is -3.74. The zero-order valence-electron chi connectivity index (χ0n) is 12.9. The molecule has 5 nitrogen and oxygen atoms in total. The maximum Gasteiger partial charge on any atom is 0.241 e. The second-order valence-corrected chi connectivity index (χ2v) is 7.43. The Hall–Kier alpha value is -2.12. The van der Waals surface area contributed by atoms with Gasteiger partial charge in [0.1, 0.15) is 12.4 Å². The van der Waals surface area contributed by atoms with Crippen molar-refractivity contribution in [3.05, 3.63) is 64.9 Å². The molecule has 0 heterocycles. The van der Waals surface area contributed by atoms with Gasteiger partial charge in [-0.15, -0.1) is 0 Å². The Morgan fingerprint density at radius 3 is 2.54 bits per heavy atom. The Bertz CT molecular complexity index is 843. The summed E-state index contributed by atoms with van der Waals surface area (Å²) in [5.41, 5.74) is 0.801. The van der Waals surface area contributed by atoms with Crippen LogP contribution in [0.4, 0.5) is 10.1 Å². The molecule has 0 saturated carbocycles. The van der Waals surface area contributed by atoms with Crippen LogP contribution in [0.15, 0.2) is 48.5 Å². The van der Waals surface area contributed by atoms with Gasteiger partial charge in [0, 0.05) is 11.6 Å². The van der Waals surface area contributed by atoms with Crippen molar-refractivity contribution in [2.45, 2.75) is 6.54 Å². The van der Waals surface area contributed by atoms with Gasteiger partial charge in [0.05, 0.1) is 11.9 Å². The smallest absolute Gasteiger partial charge is 0.241 e. The highest BCUT2D eigenvalue weighted by molar-refractivity contribution is 7.92. The molecule has 0 radical (unpaired) electrons. The standard InChI is InChI=1S/C16H16ClFN2O3S/c1-24(22,23)20(14-7-4-6-13(18)9-14)11-16(21)19-10-12-5-2-3-8-15(12)17/h2-9H,10-11H2,1H3,(H,19,21). The highest BCUT2D eigenvalue weighted by atomic mass is 35.5. The first-order valence-corrected chi connectivity index (χ1v) is 9.23. The highest BCUT2D eigenvalue weighted by Gasteiger charge is 2.21. The van der Waals surface area contributed by atoms with Gasteiger partial charge in [-0.05, 0) is 29.8 Å². The maximum atomic E-state index is 13.3. The van der Waals surface area contributed by atoms with E-state index in [1.165, 1.54) is 18.2 Å². The minimum Gasteiger partial charge on any atom is -0.350 e. The van der Waals surface area contributed by atoms with Crippen molar-refractivity contribution in [2.24, 2.45) is 0 Å². The predicted octanol–water partition coefficient (Wildman–Crippen LogP) is 2.56. The molecule has 0 atom stereocenters. The van der Waals surface area contributed by atoms with Crippen LogP contribution in [0.5, 0.6) is 0 Å². The molecule has 1 N–H and O–H groups in total. The molecule has 0 aliphatic carbocycles. The zero-order chi connectivity index (χ0) is 17.7. The van der Waals surface area contributed by atoms with Crippen LogP contribution in [0.25, 0.3) is 0 Å². The van der Waals surface area contributed by atoms with Gasteiger partial charge in [-0.3, -0.25) is 9.10 Å². The van der Waals surface area contributed by atoms with Crippen molar-refractivity contribution in [3.8, 4) is 0 Å². The molecular formula is C16H16ClFN2O3S. The summed E-state index contributed by atoms with van der Waals surface area (Å²) in [5.74, 6) is -1.11. The van der Waals surface area contributed by atoms with E-state index in [-0.39, 0.29) is 12.2 Å². The average Bonchev–Trinajstić information content (AvgIpc) is 2.50. The third kappa shape index (κ3) is 4.94. The number of hydrogen-bond acceptors (Lipinski definition) is 3. The van der Waals surface area contributed by atoms with Crippen LogP contribution >= 0.6 is 11.6 Å². The summed E-state index contributed by atoms with van der Waals surface area (Å²) >= 11 is 6.00.